The number of rotatable bonds is 4. The van der Waals surface area contributed by atoms with Crippen molar-refractivity contribution in [3.05, 3.63) is 0 Å². The molecule has 20 heavy (non-hydrogen) atoms. The smallest absolute Gasteiger partial charge is 0.234 e. The van der Waals surface area contributed by atoms with E-state index in [0.29, 0.717) is 18.5 Å². The first-order valence-corrected chi connectivity index (χ1v) is 8.09. The van der Waals surface area contributed by atoms with Gasteiger partial charge in [0.2, 0.25) is 5.91 Å². The van der Waals surface area contributed by atoms with Gasteiger partial charge in [0.25, 0.3) is 0 Å². The van der Waals surface area contributed by atoms with Crippen molar-refractivity contribution in [3.8, 4) is 0 Å². The lowest BCUT2D eigenvalue weighted by molar-refractivity contribution is -0.124. The Balaban J connectivity index is 1.48. The van der Waals surface area contributed by atoms with Crippen LogP contribution in [0.1, 0.15) is 38.5 Å². The Kier molecular flexibility index (Phi) is 4.29. The molecular weight excluding hydrogens is 254 g/mol. The topological polar surface area (TPSA) is 64.6 Å². The van der Waals surface area contributed by atoms with Crippen molar-refractivity contribution < 1.29 is 9.90 Å². The van der Waals surface area contributed by atoms with Gasteiger partial charge in [0.05, 0.1) is 12.1 Å². The molecule has 2 aliphatic heterocycles. The van der Waals surface area contributed by atoms with Crippen LogP contribution < -0.4 is 10.6 Å². The summed E-state index contributed by atoms with van der Waals surface area (Å²) in [5, 5.41) is 16.0. The lowest BCUT2D eigenvalue weighted by atomic mass is 9.93. The van der Waals surface area contributed by atoms with E-state index in [9.17, 15) is 4.79 Å². The number of aliphatic hydroxyl groups excluding tert-OH is 1. The minimum atomic E-state index is 0.0422. The molecule has 2 atom stereocenters. The molecule has 2 unspecified atom stereocenters. The number of hydrogen-bond acceptors (Lipinski definition) is 4. The van der Waals surface area contributed by atoms with Crippen LogP contribution in [0.15, 0.2) is 0 Å². The van der Waals surface area contributed by atoms with Crippen LogP contribution >= 0.6 is 0 Å². The number of likely N-dealkylation sites (tertiary alicyclic amines) is 1. The summed E-state index contributed by atoms with van der Waals surface area (Å²) in [6, 6.07) is 0.492. The molecule has 3 rings (SSSR count). The van der Waals surface area contributed by atoms with Gasteiger partial charge in [-0.2, -0.15) is 0 Å². The summed E-state index contributed by atoms with van der Waals surface area (Å²) in [6.07, 6.45) is 6.65. The number of nitrogens with zero attached hydrogens (tertiary/aromatic N) is 1. The number of piperidine rings is 1. The Morgan fingerprint density at radius 1 is 1.30 bits per heavy atom. The van der Waals surface area contributed by atoms with E-state index >= 15 is 0 Å². The fourth-order valence-electron chi connectivity index (χ4n) is 4.20. The Morgan fingerprint density at radius 2 is 2.10 bits per heavy atom. The van der Waals surface area contributed by atoms with Crippen LogP contribution in [0.25, 0.3) is 0 Å². The summed E-state index contributed by atoms with van der Waals surface area (Å²) in [7, 11) is 0. The summed E-state index contributed by atoms with van der Waals surface area (Å²) in [6.45, 7) is 3.72. The minimum absolute atomic E-state index is 0.0422. The Bertz CT molecular complexity index is 343. The van der Waals surface area contributed by atoms with Gasteiger partial charge in [-0.25, -0.2) is 0 Å². The SMILES string of the molecule is O=C(CN1CCC(CO)CC1)NC12CCCC1NCC2. The van der Waals surface area contributed by atoms with Crippen molar-refractivity contribution >= 4 is 5.91 Å². The van der Waals surface area contributed by atoms with Crippen molar-refractivity contribution in [2.45, 2.75) is 50.1 Å². The van der Waals surface area contributed by atoms with E-state index in [1.165, 1.54) is 12.8 Å². The standard InChI is InChI=1S/C15H27N3O2/c19-11-12-3-8-18(9-4-12)10-14(20)17-15-5-1-2-13(15)16-7-6-15/h12-13,16,19H,1-11H2,(H,17,20). The number of fused-ring (bicyclic) bond motifs is 1. The maximum atomic E-state index is 12.3. The van der Waals surface area contributed by atoms with E-state index in [1.54, 1.807) is 0 Å². The van der Waals surface area contributed by atoms with Crippen LogP contribution in [0.3, 0.4) is 0 Å². The highest BCUT2D eigenvalue weighted by Gasteiger charge is 2.47. The van der Waals surface area contributed by atoms with Crippen molar-refractivity contribution in [3.63, 3.8) is 0 Å². The van der Waals surface area contributed by atoms with E-state index < -0.39 is 0 Å². The van der Waals surface area contributed by atoms with Crippen LogP contribution in [0.4, 0.5) is 0 Å². The van der Waals surface area contributed by atoms with Gasteiger partial charge < -0.3 is 15.7 Å². The van der Waals surface area contributed by atoms with Crippen LogP contribution in [0, 0.1) is 5.92 Å². The molecule has 114 valence electrons. The van der Waals surface area contributed by atoms with Crippen molar-refractivity contribution in [2.75, 3.05) is 32.8 Å². The number of nitrogens with one attached hydrogen (secondary N) is 2. The zero-order chi connectivity index (χ0) is 14.0. The predicted octanol–water partition coefficient (Wildman–Crippen LogP) is 0.0915. The Hall–Kier alpha value is -0.650. The number of carbonyl (C=O) groups is 1. The van der Waals surface area contributed by atoms with Crippen molar-refractivity contribution in [1.29, 1.82) is 0 Å². The molecule has 1 aliphatic carbocycles. The van der Waals surface area contributed by atoms with Crippen molar-refractivity contribution in [1.82, 2.24) is 15.5 Å². The average molecular weight is 281 g/mol. The first-order valence-electron chi connectivity index (χ1n) is 8.09. The van der Waals surface area contributed by atoms with E-state index in [1.807, 2.05) is 0 Å². The number of hydrogen-bond donors (Lipinski definition) is 3. The summed E-state index contributed by atoms with van der Waals surface area (Å²) < 4.78 is 0. The normalized spacial score (nSPS) is 35.1. The minimum Gasteiger partial charge on any atom is -0.396 e. The van der Waals surface area contributed by atoms with E-state index in [-0.39, 0.29) is 18.1 Å². The predicted molar refractivity (Wildman–Crippen MR) is 77.4 cm³/mol. The molecule has 0 bridgehead atoms. The highest BCUT2D eigenvalue weighted by atomic mass is 16.3. The van der Waals surface area contributed by atoms with E-state index in [4.69, 9.17) is 5.11 Å². The lowest BCUT2D eigenvalue weighted by Gasteiger charge is -2.34. The van der Waals surface area contributed by atoms with Gasteiger partial charge >= 0.3 is 0 Å². The fourth-order valence-corrected chi connectivity index (χ4v) is 4.20. The largest absolute Gasteiger partial charge is 0.396 e. The van der Waals surface area contributed by atoms with Gasteiger partial charge in [0.1, 0.15) is 0 Å². The molecule has 3 aliphatic rings. The average Bonchev–Trinajstić information content (AvgIpc) is 2.98. The summed E-state index contributed by atoms with van der Waals surface area (Å²) in [5.41, 5.74) is 0.0422. The molecule has 3 fully saturated rings. The lowest BCUT2D eigenvalue weighted by Crippen LogP contribution is -2.55. The molecule has 5 nitrogen and oxygen atoms in total. The molecule has 3 N–H and O–H groups in total. The third-order valence-corrected chi connectivity index (χ3v) is 5.47. The molecule has 0 aromatic carbocycles. The van der Waals surface area contributed by atoms with Crippen LogP contribution in [0.2, 0.25) is 0 Å². The maximum absolute atomic E-state index is 12.3. The van der Waals surface area contributed by atoms with Gasteiger partial charge in [-0.3, -0.25) is 9.69 Å². The second kappa shape index (κ2) is 6.00. The van der Waals surface area contributed by atoms with Crippen LogP contribution in [-0.2, 0) is 4.79 Å². The highest BCUT2D eigenvalue weighted by molar-refractivity contribution is 5.79. The van der Waals surface area contributed by atoms with Crippen LogP contribution in [-0.4, -0.2) is 60.3 Å². The van der Waals surface area contributed by atoms with Gasteiger partial charge in [-0.05, 0) is 64.1 Å². The second-order valence-electron chi connectivity index (χ2n) is 6.76. The molecular formula is C15H27N3O2. The molecule has 1 saturated carbocycles. The summed E-state index contributed by atoms with van der Waals surface area (Å²) in [4.78, 5) is 14.6. The second-order valence-corrected chi connectivity index (χ2v) is 6.76. The molecule has 1 amide bonds. The number of amides is 1. The number of carbonyl (C=O) groups excluding carboxylic acids is 1. The zero-order valence-corrected chi connectivity index (χ0v) is 12.2. The monoisotopic (exact) mass is 281 g/mol. The first kappa shape index (κ1) is 14.3. The molecule has 0 radical (unpaired) electrons. The van der Waals surface area contributed by atoms with Gasteiger partial charge in [0.15, 0.2) is 0 Å². The molecule has 2 saturated heterocycles. The van der Waals surface area contributed by atoms with E-state index in [0.717, 1.165) is 45.3 Å². The Morgan fingerprint density at radius 3 is 2.85 bits per heavy atom. The van der Waals surface area contributed by atoms with Gasteiger partial charge in [0, 0.05) is 12.6 Å². The molecule has 0 spiro atoms. The zero-order valence-electron chi connectivity index (χ0n) is 12.2. The van der Waals surface area contributed by atoms with Gasteiger partial charge in [-0.15, -0.1) is 0 Å². The summed E-state index contributed by atoms with van der Waals surface area (Å²) in [5.74, 6) is 0.620. The van der Waals surface area contributed by atoms with Crippen LogP contribution in [0.5, 0.6) is 0 Å². The highest BCUT2D eigenvalue weighted by Crippen LogP contribution is 2.36. The third kappa shape index (κ3) is 2.85. The summed E-state index contributed by atoms with van der Waals surface area (Å²) >= 11 is 0. The van der Waals surface area contributed by atoms with Crippen molar-refractivity contribution in [2.24, 2.45) is 5.92 Å². The maximum Gasteiger partial charge on any atom is 0.234 e. The first-order chi connectivity index (χ1) is 9.72. The Labute approximate surface area is 121 Å². The molecule has 2 heterocycles. The third-order valence-electron chi connectivity index (χ3n) is 5.47. The molecule has 0 aromatic rings. The van der Waals surface area contributed by atoms with E-state index in [2.05, 4.69) is 15.5 Å². The number of aliphatic hydroxyl groups is 1. The molecule has 0 aromatic heterocycles. The van der Waals surface area contributed by atoms with Gasteiger partial charge in [-0.1, -0.05) is 0 Å². The fraction of sp³-hybridized carbons (Fsp3) is 0.933. The quantitative estimate of drug-likeness (QED) is 0.683. The molecule has 5 heteroatoms.